The van der Waals surface area contributed by atoms with Gasteiger partial charge in [-0.05, 0) is 6.42 Å². The molecule has 1 amide bonds. The molecule has 0 aromatic heterocycles. The monoisotopic (exact) mass is 189 g/mol. The summed E-state index contributed by atoms with van der Waals surface area (Å²) in [7, 11) is 0. The van der Waals surface area contributed by atoms with Crippen LogP contribution in [-0.4, -0.2) is 24.5 Å². The number of halogens is 4. The number of hydrogen-bond donors (Lipinski definition) is 1. The first-order valence-corrected chi connectivity index (χ1v) is 3.43. The molecule has 0 aliphatic carbocycles. The van der Waals surface area contributed by atoms with Gasteiger partial charge in [0.2, 0.25) is 0 Å². The molecule has 0 fully saturated rings. The van der Waals surface area contributed by atoms with Crippen LogP contribution >= 0.6 is 11.6 Å². The number of amides is 1. The molecule has 0 atom stereocenters. The van der Waals surface area contributed by atoms with Crippen LogP contribution in [0, 0.1) is 0 Å². The first-order valence-electron chi connectivity index (χ1n) is 2.89. The molecule has 0 radical (unpaired) electrons. The van der Waals surface area contributed by atoms with Crippen molar-refractivity contribution in [3.05, 3.63) is 0 Å². The Bertz CT molecular complexity index is 136. The largest absolute Gasteiger partial charge is 0.471 e. The number of carbonyl (C=O) groups excluding carboxylic acids is 1. The maximum atomic E-state index is 11.4. The average molecular weight is 190 g/mol. The van der Waals surface area contributed by atoms with Gasteiger partial charge in [-0.3, -0.25) is 4.79 Å². The highest BCUT2D eigenvalue weighted by Gasteiger charge is 2.37. The van der Waals surface area contributed by atoms with E-state index in [1.165, 1.54) is 0 Å². The third-order valence-electron chi connectivity index (χ3n) is 0.853. The van der Waals surface area contributed by atoms with Crippen LogP contribution in [0.3, 0.4) is 0 Å². The summed E-state index contributed by atoms with van der Waals surface area (Å²) in [4.78, 5) is 10.1. The molecule has 0 saturated carbocycles. The van der Waals surface area contributed by atoms with Gasteiger partial charge >= 0.3 is 12.1 Å². The van der Waals surface area contributed by atoms with Crippen molar-refractivity contribution in [2.45, 2.75) is 12.6 Å². The van der Waals surface area contributed by atoms with E-state index in [0.29, 0.717) is 6.42 Å². The van der Waals surface area contributed by atoms with E-state index >= 15 is 0 Å². The first kappa shape index (κ1) is 10.6. The molecule has 0 aromatic rings. The Hall–Kier alpha value is -0.450. The molecule has 1 N–H and O–H groups in total. The van der Waals surface area contributed by atoms with Gasteiger partial charge in [0.15, 0.2) is 0 Å². The predicted octanol–water partition coefficient (Wildman–Crippen LogP) is 1.29. The van der Waals surface area contributed by atoms with Crippen LogP contribution in [0.5, 0.6) is 0 Å². The van der Waals surface area contributed by atoms with E-state index in [2.05, 4.69) is 0 Å². The van der Waals surface area contributed by atoms with E-state index in [9.17, 15) is 18.0 Å². The molecular formula is C5H7ClF3NO. The van der Waals surface area contributed by atoms with Crippen molar-refractivity contribution in [2.24, 2.45) is 0 Å². The van der Waals surface area contributed by atoms with E-state index < -0.39 is 12.1 Å². The summed E-state index contributed by atoms with van der Waals surface area (Å²) < 4.78 is 34.3. The van der Waals surface area contributed by atoms with Crippen molar-refractivity contribution in [1.29, 1.82) is 0 Å². The molecule has 0 heterocycles. The minimum absolute atomic E-state index is 0.0398. The first-order chi connectivity index (χ1) is 4.98. The van der Waals surface area contributed by atoms with E-state index in [1.54, 1.807) is 5.32 Å². The summed E-state index contributed by atoms with van der Waals surface area (Å²) in [5, 5.41) is 1.68. The summed E-state index contributed by atoms with van der Waals surface area (Å²) in [6.45, 7) is -0.0398. The SMILES string of the molecule is O=C(NCCCCl)C(F)(F)F. The molecule has 6 heteroatoms. The van der Waals surface area contributed by atoms with Crippen molar-refractivity contribution < 1.29 is 18.0 Å². The Labute approximate surface area is 66.7 Å². The molecule has 0 bridgehead atoms. The van der Waals surface area contributed by atoms with Crippen LogP contribution in [0.4, 0.5) is 13.2 Å². The van der Waals surface area contributed by atoms with E-state index in [-0.39, 0.29) is 12.4 Å². The molecule has 0 saturated heterocycles. The summed E-state index contributed by atoms with van der Waals surface area (Å²) in [6, 6.07) is 0. The standard InChI is InChI=1S/C5H7ClF3NO/c6-2-1-3-10-4(11)5(7,8)9/h1-3H2,(H,10,11). The Morgan fingerprint density at radius 2 is 2.00 bits per heavy atom. The molecule has 0 aliphatic heterocycles. The van der Waals surface area contributed by atoms with Crippen LogP contribution in [0.15, 0.2) is 0 Å². The van der Waals surface area contributed by atoms with Crippen molar-refractivity contribution >= 4 is 17.5 Å². The zero-order valence-electron chi connectivity index (χ0n) is 5.54. The highest BCUT2D eigenvalue weighted by atomic mass is 35.5. The van der Waals surface area contributed by atoms with Gasteiger partial charge in [-0.1, -0.05) is 0 Å². The fraction of sp³-hybridized carbons (Fsp3) is 0.800. The summed E-state index contributed by atoms with van der Waals surface area (Å²) in [5.74, 6) is -1.68. The van der Waals surface area contributed by atoms with Gasteiger partial charge in [0.25, 0.3) is 0 Å². The molecule has 66 valence electrons. The van der Waals surface area contributed by atoms with Gasteiger partial charge in [0.1, 0.15) is 0 Å². The smallest absolute Gasteiger partial charge is 0.348 e. The van der Waals surface area contributed by atoms with E-state index in [4.69, 9.17) is 11.6 Å². The number of alkyl halides is 4. The normalized spacial score (nSPS) is 11.3. The molecule has 0 rings (SSSR count). The minimum Gasteiger partial charge on any atom is -0.348 e. The van der Waals surface area contributed by atoms with Gasteiger partial charge in [-0.2, -0.15) is 13.2 Å². The lowest BCUT2D eigenvalue weighted by Gasteiger charge is -2.05. The zero-order chi connectivity index (χ0) is 8.91. The second-order valence-corrected chi connectivity index (χ2v) is 2.17. The van der Waals surface area contributed by atoms with Gasteiger partial charge in [-0.15, -0.1) is 11.6 Å². The summed E-state index contributed by atoms with van der Waals surface area (Å²) in [5.41, 5.74) is 0. The topological polar surface area (TPSA) is 29.1 Å². The second kappa shape index (κ2) is 4.43. The quantitative estimate of drug-likeness (QED) is 0.526. The third kappa shape index (κ3) is 4.89. The molecule has 0 unspecified atom stereocenters. The van der Waals surface area contributed by atoms with Crippen LogP contribution in [-0.2, 0) is 4.79 Å². The summed E-state index contributed by atoms with van der Waals surface area (Å²) >= 11 is 5.17. The molecule has 0 aliphatic rings. The third-order valence-corrected chi connectivity index (χ3v) is 1.12. The minimum atomic E-state index is -4.79. The molecular weight excluding hydrogens is 183 g/mol. The Balaban J connectivity index is 3.54. The Morgan fingerprint density at radius 1 is 1.45 bits per heavy atom. The summed E-state index contributed by atoms with van der Waals surface area (Å²) in [6.07, 6.45) is -4.45. The van der Waals surface area contributed by atoms with Crippen molar-refractivity contribution in [1.82, 2.24) is 5.32 Å². The van der Waals surface area contributed by atoms with Crippen molar-refractivity contribution in [3.8, 4) is 0 Å². The highest BCUT2D eigenvalue weighted by molar-refractivity contribution is 6.17. The van der Waals surface area contributed by atoms with Crippen molar-refractivity contribution in [3.63, 3.8) is 0 Å². The maximum absolute atomic E-state index is 11.4. The number of carbonyl (C=O) groups is 1. The number of nitrogens with one attached hydrogen (secondary N) is 1. The van der Waals surface area contributed by atoms with Crippen LogP contribution in [0.1, 0.15) is 6.42 Å². The highest BCUT2D eigenvalue weighted by Crippen LogP contribution is 2.13. The molecule has 2 nitrogen and oxygen atoms in total. The predicted molar refractivity (Wildman–Crippen MR) is 34.4 cm³/mol. The van der Waals surface area contributed by atoms with E-state index in [0.717, 1.165) is 0 Å². The van der Waals surface area contributed by atoms with Gasteiger partial charge in [-0.25, -0.2) is 0 Å². The van der Waals surface area contributed by atoms with Gasteiger partial charge in [0, 0.05) is 12.4 Å². The van der Waals surface area contributed by atoms with Crippen LogP contribution in [0.25, 0.3) is 0 Å². The maximum Gasteiger partial charge on any atom is 0.471 e. The average Bonchev–Trinajstić information content (AvgIpc) is 1.86. The Kier molecular flexibility index (Phi) is 4.25. The fourth-order valence-corrected chi connectivity index (χ4v) is 0.503. The number of hydrogen-bond acceptors (Lipinski definition) is 1. The van der Waals surface area contributed by atoms with Crippen LogP contribution < -0.4 is 5.32 Å². The Morgan fingerprint density at radius 3 is 2.36 bits per heavy atom. The van der Waals surface area contributed by atoms with Gasteiger partial charge in [0.05, 0.1) is 0 Å². The number of rotatable bonds is 3. The fourth-order valence-electron chi connectivity index (χ4n) is 0.369. The zero-order valence-corrected chi connectivity index (χ0v) is 6.30. The lowest BCUT2D eigenvalue weighted by Crippen LogP contribution is -2.37. The second-order valence-electron chi connectivity index (χ2n) is 1.80. The lowest BCUT2D eigenvalue weighted by molar-refractivity contribution is -0.173. The van der Waals surface area contributed by atoms with Gasteiger partial charge < -0.3 is 5.32 Å². The molecule has 0 spiro atoms. The molecule has 11 heavy (non-hydrogen) atoms. The van der Waals surface area contributed by atoms with Crippen LogP contribution in [0.2, 0.25) is 0 Å². The van der Waals surface area contributed by atoms with Crippen molar-refractivity contribution in [2.75, 3.05) is 12.4 Å². The van der Waals surface area contributed by atoms with E-state index in [1.807, 2.05) is 0 Å². The molecule has 0 aromatic carbocycles. The lowest BCUT2D eigenvalue weighted by atomic mass is 10.4.